The lowest BCUT2D eigenvalue weighted by Crippen LogP contribution is -2.08. The van der Waals surface area contributed by atoms with Crippen molar-refractivity contribution < 1.29 is 0 Å². The zero-order valence-electron chi connectivity index (χ0n) is 13.3. The van der Waals surface area contributed by atoms with Gasteiger partial charge in [0, 0.05) is 32.2 Å². The van der Waals surface area contributed by atoms with Crippen molar-refractivity contribution in [2.45, 2.75) is 6.42 Å². The number of nitrogens with zero attached hydrogens (tertiary/aromatic N) is 6. The summed E-state index contributed by atoms with van der Waals surface area (Å²) in [5.74, 6) is 0.807. The smallest absolute Gasteiger partial charge is 0.154 e. The Bertz CT molecular complexity index is 955. The van der Waals surface area contributed by atoms with Gasteiger partial charge in [-0.05, 0) is 36.2 Å². The van der Waals surface area contributed by atoms with E-state index in [-0.39, 0.29) is 0 Å². The molecule has 0 saturated heterocycles. The number of imidazole rings is 1. The zero-order valence-corrected chi connectivity index (χ0v) is 13.3. The van der Waals surface area contributed by atoms with Crippen molar-refractivity contribution in [1.29, 1.82) is 0 Å². The van der Waals surface area contributed by atoms with Crippen LogP contribution < -0.4 is 5.32 Å². The van der Waals surface area contributed by atoms with Crippen molar-refractivity contribution in [1.82, 2.24) is 29.4 Å². The number of pyridine rings is 1. The SMILES string of the molecule is Cn1ccc(-c2cnc3ccc(NCCc4cccnc4)nn23)n1. The van der Waals surface area contributed by atoms with Crippen LogP contribution in [0, 0.1) is 0 Å². The molecular formula is C17H17N7. The first-order chi connectivity index (χ1) is 11.8. The fraction of sp³-hybridized carbons (Fsp3) is 0.176. The predicted molar refractivity (Wildman–Crippen MR) is 91.6 cm³/mol. The van der Waals surface area contributed by atoms with Gasteiger partial charge in [-0.15, -0.1) is 5.10 Å². The van der Waals surface area contributed by atoms with E-state index in [9.17, 15) is 0 Å². The number of fused-ring (bicyclic) bond motifs is 1. The lowest BCUT2D eigenvalue weighted by molar-refractivity contribution is 0.768. The van der Waals surface area contributed by atoms with Crippen LogP contribution in [-0.4, -0.2) is 35.9 Å². The van der Waals surface area contributed by atoms with Crippen molar-refractivity contribution >= 4 is 11.5 Å². The summed E-state index contributed by atoms with van der Waals surface area (Å²) in [5, 5.41) is 12.4. The summed E-state index contributed by atoms with van der Waals surface area (Å²) in [5.41, 5.74) is 3.72. The number of aromatic nitrogens is 6. The van der Waals surface area contributed by atoms with Gasteiger partial charge in [0.05, 0.1) is 6.20 Å². The van der Waals surface area contributed by atoms with Crippen LogP contribution in [0.15, 0.2) is 55.1 Å². The molecule has 0 radical (unpaired) electrons. The lowest BCUT2D eigenvalue weighted by Gasteiger charge is -2.06. The fourth-order valence-corrected chi connectivity index (χ4v) is 2.57. The monoisotopic (exact) mass is 319 g/mol. The van der Waals surface area contributed by atoms with Gasteiger partial charge in [-0.2, -0.15) is 5.10 Å². The lowest BCUT2D eigenvalue weighted by atomic mass is 10.2. The molecule has 0 aliphatic rings. The molecule has 0 fully saturated rings. The van der Waals surface area contributed by atoms with E-state index >= 15 is 0 Å². The van der Waals surface area contributed by atoms with E-state index in [1.807, 2.05) is 48.2 Å². The quantitative estimate of drug-likeness (QED) is 0.610. The summed E-state index contributed by atoms with van der Waals surface area (Å²) >= 11 is 0. The highest BCUT2D eigenvalue weighted by atomic mass is 15.3. The number of hydrogen-bond donors (Lipinski definition) is 1. The Morgan fingerprint density at radius 1 is 1.08 bits per heavy atom. The van der Waals surface area contributed by atoms with E-state index in [1.54, 1.807) is 17.1 Å². The van der Waals surface area contributed by atoms with Crippen LogP contribution in [0.1, 0.15) is 5.56 Å². The molecule has 4 aromatic rings. The summed E-state index contributed by atoms with van der Waals surface area (Å²) in [6, 6.07) is 9.86. The molecule has 4 heterocycles. The Balaban J connectivity index is 1.54. The molecular weight excluding hydrogens is 302 g/mol. The van der Waals surface area contributed by atoms with Crippen molar-refractivity contribution in [3.05, 3.63) is 60.7 Å². The van der Waals surface area contributed by atoms with Gasteiger partial charge in [-0.1, -0.05) is 6.07 Å². The van der Waals surface area contributed by atoms with E-state index < -0.39 is 0 Å². The normalized spacial score (nSPS) is 11.0. The number of anilines is 1. The summed E-state index contributed by atoms with van der Waals surface area (Å²) in [6.45, 7) is 0.790. The van der Waals surface area contributed by atoms with Gasteiger partial charge in [0.15, 0.2) is 5.65 Å². The van der Waals surface area contributed by atoms with Crippen LogP contribution in [-0.2, 0) is 13.5 Å². The molecule has 7 nitrogen and oxygen atoms in total. The Morgan fingerprint density at radius 2 is 2.04 bits per heavy atom. The maximum absolute atomic E-state index is 4.63. The summed E-state index contributed by atoms with van der Waals surface area (Å²) in [4.78, 5) is 8.52. The van der Waals surface area contributed by atoms with E-state index in [0.29, 0.717) is 0 Å². The molecule has 0 spiro atoms. The average molecular weight is 319 g/mol. The summed E-state index contributed by atoms with van der Waals surface area (Å²) in [7, 11) is 1.89. The molecule has 0 aliphatic carbocycles. The number of rotatable bonds is 5. The summed E-state index contributed by atoms with van der Waals surface area (Å²) in [6.07, 6.45) is 8.26. The molecule has 4 aromatic heterocycles. The Morgan fingerprint density at radius 3 is 2.83 bits per heavy atom. The van der Waals surface area contributed by atoms with E-state index in [1.165, 1.54) is 5.56 Å². The molecule has 120 valence electrons. The molecule has 4 rings (SSSR count). The van der Waals surface area contributed by atoms with Crippen LogP contribution >= 0.6 is 0 Å². The molecule has 0 atom stereocenters. The Hall–Kier alpha value is -3.22. The Labute approximate surface area is 139 Å². The van der Waals surface area contributed by atoms with Crippen molar-refractivity contribution in [2.75, 3.05) is 11.9 Å². The minimum absolute atomic E-state index is 0.790. The van der Waals surface area contributed by atoms with E-state index in [2.05, 4.69) is 31.5 Å². The van der Waals surface area contributed by atoms with Crippen LogP contribution in [0.3, 0.4) is 0 Å². The van der Waals surface area contributed by atoms with Crippen molar-refractivity contribution in [2.24, 2.45) is 7.05 Å². The van der Waals surface area contributed by atoms with Crippen LogP contribution in [0.5, 0.6) is 0 Å². The molecule has 1 N–H and O–H groups in total. The van der Waals surface area contributed by atoms with Gasteiger partial charge < -0.3 is 5.32 Å². The number of nitrogens with one attached hydrogen (secondary N) is 1. The first-order valence-electron chi connectivity index (χ1n) is 7.77. The largest absolute Gasteiger partial charge is 0.368 e. The third-order valence-corrected chi connectivity index (χ3v) is 3.78. The van der Waals surface area contributed by atoms with Crippen LogP contribution in [0.4, 0.5) is 5.82 Å². The second kappa shape index (κ2) is 6.11. The highest BCUT2D eigenvalue weighted by molar-refractivity contribution is 5.59. The van der Waals surface area contributed by atoms with Gasteiger partial charge in [0.2, 0.25) is 0 Å². The van der Waals surface area contributed by atoms with Gasteiger partial charge in [0.25, 0.3) is 0 Å². The van der Waals surface area contributed by atoms with Crippen molar-refractivity contribution in [3.63, 3.8) is 0 Å². The number of hydrogen-bond acceptors (Lipinski definition) is 5. The van der Waals surface area contributed by atoms with Gasteiger partial charge >= 0.3 is 0 Å². The van der Waals surface area contributed by atoms with Crippen LogP contribution in [0.25, 0.3) is 17.0 Å². The molecule has 0 aromatic carbocycles. The van der Waals surface area contributed by atoms with Crippen LogP contribution in [0.2, 0.25) is 0 Å². The topological polar surface area (TPSA) is 72.9 Å². The highest BCUT2D eigenvalue weighted by Gasteiger charge is 2.10. The molecule has 0 bridgehead atoms. The molecule has 0 aliphatic heterocycles. The molecule has 7 heteroatoms. The minimum Gasteiger partial charge on any atom is -0.368 e. The second-order valence-electron chi connectivity index (χ2n) is 5.54. The first kappa shape index (κ1) is 14.4. The molecule has 0 saturated carbocycles. The van der Waals surface area contributed by atoms with Crippen molar-refractivity contribution in [3.8, 4) is 11.4 Å². The Kier molecular flexibility index (Phi) is 3.66. The standard InChI is InChI=1S/C17H17N7/c1-23-10-7-14(21-23)15-12-20-17-5-4-16(22-24(15)17)19-9-6-13-3-2-8-18-11-13/h2-5,7-8,10-12H,6,9H2,1H3,(H,19,22). The maximum Gasteiger partial charge on any atom is 0.154 e. The maximum atomic E-state index is 4.63. The third kappa shape index (κ3) is 2.83. The van der Waals surface area contributed by atoms with Gasteiger partial charge in [-0.3, -0.25) is 9.67 Å². The van der Waals surface area contributed by atoms with Gasteiger partial charge in [-0.25, -0.2) is 9.50 Å². The fourth-order valence-electron chi connectivity index (χ4n) is 2.57. The second-order valence-corrected chi connectivity index (χ2v) is 5.54. The van der Waals surface area contributed by atoms with Gasteiger partial charge in [0.1, 0.15) is 17.2 Å². The summed E-state index contributed by atoms with van der Waals surface area (Å²) < 4.78 is 3.58. The first-order valence-corrected chi connectivity index (χ1v) is 7.77. The zero-order chi connectivity index (χ0) is 16.4. The van der Waals surface area contributed by atoms with E-state index in [0.717, 1.165) is 35.8 Å². The number of aryl methyl sites for hydroxylation is 1. The van der Waals surface area contributed by atoms with E-state index in [4.69, 9.17) is 0 Å². The highest BCUT2D eigenvalue weighted by Crippen LogP contribution is 2.18. The molecule has 0 amide bonds. The third-order valence-electron chi connectivity index (χ3n) is 3.78. The molecule has 0 unspecified atom stereocenters. The molecule has 24 heavy (non-hydrogen) atoms. The average Bonchev–Trinajstić information content (AvgIpc) is 3.21. The predicted octanol–water partition coefficient (Wildman–Crippen LogP) is 2.18. The minimum atomic E-state index is 0.790.